The Hall–Kier alpha value is -1.81. The fraction of sp³-hybridized carbons (Fsp3) is 0.250. The zero-order valence-electron chi connectivity index (χ0n) is 9.61. The SMILES string of the molecule is C[N+](C)(C)c1c[nH]c2ccc(C(=O)O)cc12. The number of carboxylic acid groups (broad SMARTS) is 1. The molecule has 0 unspecified atom stereocenters. The predicted octanol–water partition coefficient (Wildman–Crippen LogP) is 2.06. The van der Waals surface area contributed by atoms with Crippen LogP contribution in [0.2, 0.25) is 0 Å². The highest BCUT2D eigenvalue weighted by atomic mass is 16.4. The second-order valence-corrected chi connectivity index (χ2v) is 4.75. The molecule has 0 radical (unpaired) electrons. The number of carboxylic acids is 1. The van der Waals surface area contributed by atoms with Crippen LogP contribution in [0.1, 0.15) is 10.4 Å². The lowest BCUT2D eigenvalue weighted by Crippen LogP contribution is -2.34. The zero-order chi connectivity index (χ0) is 11.9. The van der Waals surface area contributed by atoms with E-state index in [0.717, 1.165) is 16.6 Å². The largest absolute Gasteiger partial charge is 0.478 e. The van der Waals surface area contributed by atoms with Crippen molar-refractivity contribution >= 4 is 22.6 Å². The van der Waals surface area contributed by atoms with E-state index in [-0.39, 0.29) is 0 Å². The molecule has 4 nitrogen and oxygen atoms in total. The van der Waals surface area contributed by atoms with E-state index in [1.165, 1.54) is 0 Å². The molecule has 0 spiro atoms. The number of carbonyl (C=O) groups is 1. The summed E-state index contributed by atoms with van der Waals surface area (Å²) in [6.45, 7) is 0. The van der Waals surface area contributed by atoms with Crippen molar-refractivity contribution < 1.29 is 9.90 Å². The molecule has 4 heteroatoms. The summed E-state index contributed by atoms with van der Waals surface area (Å²) in [7, 11) is 6.15. The van der Waals surface area contributed by atoms with Gasteiger partial charge in [0.15, 0.2) is 5.69 Å². The maximum absolute atomic E-state index is 10.9. The van der Waals surface area contributed by atoms with Gasteiger partial charge in [-0.1, -0.05) is 0 Å². The van der Waals surface area contributed by atoms with Gasteiger partial charge in [-0.3, -0.25) is 4.48 Å². The average molecular weight is 219 g/mol. The second kappa shape index (κ2) is 3.35. The first-order valence-electron chi connectivity index (χ1n) is 5.06. The van der Waals surface area contributed by atoms with Gasteiger partial charge in [0.2, 0.25) is 0 Å². The van der Waals surface area contributed by atoms with Gasteiger partial charge < -0.3 is 10.1 Å². The molecule has 0 saturated heterocycles. The summed E-state index contributed by atoms with van der Waals surface area (Å²) in [5.74, 6) is -0.893. The molecule has 84 valence electrons. The van der Waals surface area contributed by atoms with E-state index in [4.69, 9.17) is 5.11 Å². The summed E-state index contributed by atoms with van der Waals surface area (Å²) in [5.41, 5.74) is 2.37. The number of quaternary nitrogens is 1. The molecule has 0 fully saturated rings. The van der Waals surface area contributed by atoms with Crippen molar-refractivity contribution in [3.05, 3.63) is 30.0 Å². The van der Waals surface area contributed by atoms with E-state index in [0.29, 0.717) is 10.0 Å². The lowest BCUT2D eigenvalue weighted by Gasteiger charge is -2.22. The molecule has 1 heterocycles. The minimum Gasteiger partial charge on any atom is -0.478 e. The van der Waals surface area contributed by atoms with E-state index in [9.17, 15) is 4.79 Å². The number of nitrogens with one attached hydrogen (secondary N) is 1. The molecular formula is C12H15N2O2+. The van der Waals surface area contributed by atoms with Gasteiger partial charge in [0.1, 0.15) is 0 Å². The van der Waals surface area contributed by atoms with E-state index in [1.54, 1.807) is 18.2 Å². The van der Waals surface area contributed by atoms with Crippen LogP contribution in [-0.2, 0) is 0 Å². The van der Waals surface area contributed by atoms with Crippen molar-refractivity contribution in [1.29, 1.82) is 0 Å². The Balaban J connectivity index is 2.70. The Morgan fingerprint density at radius 2 is 2.00 bits per heavy atom. The van der Waals surface area contributed by atoms with Crippen LogP contribution in [0.5, 0.6) is 0 Å². The molecule has 1 aromatic heterocycles. The third-order valence-corrected chi connectivity index (χ3v) is 2.63. The topological polar surface area (TPSA) is 53.1 Å². The first-order chi connectivity index (χ1) is 7.39. The molecule has 2 rings (SSSR count). The number of fused-ring (bicyclic) bond motifs is 1. The van der Waals surface area contributed by atoms with Crippen LogP contribution in [0.25, 0.3) is 10.9 Å². The molecule has 0 amide bonds. The van der Waals surface area contributed by atoms with Crippen molar-refractivity contribution in [2.75, 3.05) is 21.1 Å². The summed E-state index contributed by atoms with van der Waals surface area (Å²) < 4.78 is 0.656. The molecule has 0 aliphatic heterocycles. The van der Waals surface area contributed by atoms with Gasteiger partial charge in [-0.25, -0.2) is 4.79 Å². The van der Waals surface area contributed by atoms with Crippen molar-refractivity contribution in [3.63, 3.8) is 0 Å². The summed E-state index contributed by atoms with van der Waals surface area (Å²) in [6.07, 6.45) is 1.93. The van der Waals surface area contributed by atoms with Crippen molar-refractivity contribution in [2.24, 2.45) is 0 Å². The number of aromatic carboxylic acids is 1. The third-order valence-electron chi connectivity index (χ3n) is 2.63. The number of aromatic nitrogens is 1. The van der Waals surface area contributed by atoms with Crippen LogP contribution in [0, 0.1) is 0 Å². The normalized spacial score (nSPS) is 11.9. The van der Waals surface area contributed by atoms with Gasteiger partial charge in [-0.05, 0) is 18.2 Å². The molecule has 0 aliphatic carbocycles. The number of rotatable bonds is 2. The summed E-state index contributed by atoms with van der Waals surface area (Å²) in [4.78, 5) is 14.1. The third kappa shape index (κ3) is 1.67. The van der Waals surface area contributed by atoms with Gasteiger partial charge >= 0.3 is 5.97 Å². The number of aromatic amines is 1. The first kappa shape index (κ1) is 10.7. The number of H-pyrrole nitrogens is 1. The Kier molecular flexibility index (Phi) is 2.24. The van der Waals surface area contributed by atoms with E-state index < -0.39 is 5.97 Å². The van der Waals surface area contributed by atoms with Crippen molar-refractivity contribution in [1.82, 2.24) is 9.47 Å². The Bertz CT molecular complexity index is 550. The molecule has 0 aliphatic rings. The zero-order valence-corrected chi connectivity index (χ0v) is 9.61. The fourth-order valence-electron chi connectivity index (χ4n) is 1.79. The minimum atomic E-state index is -0.893. The van der Waals surface area contributed by atoms with Crippen LogP contribution in [0.15, 0.2) is 24.4 Å². The second-order valence-electron chi connectivity index (χ2n) is 4.75. The predicted molar refractivity (Wildman–Crippen MR) is 64.8 cm³/mol. The van der Waals surface area contributed by atoms with Crippen molar-refractivity contribution in [3.8, 4) is 0 Å². The highest BCUT2D eigenvalue weighted by molar-refractivity contribution is 5.98. The standard InChI is InChI=1S/C12H14N2O2/c1-14(2,3)11-7-13-10-5-4-8(12(15)16)6-9(10)11/h4-7,13H,1-3H3/p+1. The van der Waals surface area contributed by atoms with E-state index >= 15 is 0 Å². The molecule has 2 aromatic rings. The summed E-state index contributed by atoms with van der Waals surface area (Å²) in [6, 6.07) is 5.13. The number of hydrogen-bond acceptors (Lipinski definition) is 1. The molecule has 0 bridgehead atoms. The van der Waals surface area contributed by atoms with Crippen LogP contribution >= 0.6 is 0 Å². The quantitative estimate of drug-likeness (QED) is 0.760. The smallest absolute Gasteiger partial charge is 0.335 e. The summed E-state index contributed by atoms with van der Waals surface area (Å²) >= 11 is 0. The molecule has 16 heavy (non-hydrogen) atoms. The monoisotopic (exact) mass is 219 g/mol. The number of nitrogens with zero attached hydrogens (tertiary/aromatic N) is 1. The molecular weight excluding hydrogens is 204 g/mol. The highest BCUT2D eigenvalue weighted by Crippen LogP contribution is 2.29. The average Bonchev–Trinajstić information content (AvgIpc) is 2.58. The lowest BCUT2D eigenvalue weighted by atomic mass is 10.1. The maximum Gasteiger partial charge on any atom is 0.335 e. The highest BCUT2D eigenvalue weighted by Gasteiger charge is 2.18. The number of benzene rings is 1. The van der Waals surface area contributed by atoms with Crippen LogP contribution in [-0.4, -0.2) is 37.2 Å². The van der Waals surface area contributed by atoms with E-state index in [2.05, 4.69) is 26.1 Å². The molecule has 1 aromatic carbocycles. The Labute approximate surface area is 93.7 Å². The van der Waals surface area contributed by atoms with Gasteiger partial charge in [0.05, 0.1) is 43.8 Å². The molecule has 2 N–H and O–H groups in total. The minimum absolute atomic E-state index is 0.321. The van der Waals surface area contributed by atoms with Crippen LogP contribution < -0.4 is 4.48 Å². The Morgan fingerprint density at radius 3 is 2.56 bits per heavy atom. The van der Waals surface area contributed by atoms with E-state index in [1.807, 2.05) is 6.20 Å². The van der Waals surface area contributed by atoms with Crippen LogP contribution in [0.4, 0.5) is 5.69 Å². The lowest BCUT2D eigenvalue weighted by molar-refractivity contribution is 0.0697. The van der Waals surface area contributed by atoms with Gasteiger partial charge in [-0.2, -0.15) is 0 Å². The maximum atomic E-state index is 10.9. The van der Waals surface area contributed by atoms with Gasteiger partial charge in [-0.15, -0.1) is 0 Å². The Morgan fingerprint density at radius 1 is 1.31 bits per heavy atom. The van der Waals surface area contributed by atoms with Gasteiger partial charge in [0, 0.05) is 0 Å². The number of hydrogen-bond donors (Lipinski definition) is 2. The van der Waals surface area contributed by atoms with Crippen LogP contribution in [0.3, 0.4) is 0 Å². The first-order valence-corrected chi connectivity index (χ1v) is 5.06. The molecule has 0 atom stereocenters. The van der Waals surface area contributed by atoms with Crippen molar-refractivity contribution in [2.45, 2.75) is 0 Å². The fourth-order valence-corrected chi connectivity index (χ4v) is 1.79. The molecule has 0 saturated carbocycles. The summed E-state index contributed by atoms with van der Waals surface area (Å²) in [5, 5.41) is 9.93. The van der Waals surface area contributed by atoms with Gasteiger partial charge in [0.25, 0.3) is 0 Å².